The lowest BCUT2D eigenvalue weighted by atomic mass is 10.2. The maximum absolute atomic E-state index is 10.5. The number of non-ortho nitro benzene ring substituents is 1. The second kappa shape index (κ2) is 6.51. The topological polar surface area (TPSA) is 64.4 Å². The van der Waals surface area contributed by atoms with Gasteiger partial charge in [-0.3, -0.25) is 10.1 Å². The van der Waals surface area contributed by atoms with E-state index in [1.54, 1.807) is 12.1 Å². The van der Waals surface area contributed by atoms with E-state index in [9.17, 15) is 10.1 Å². The summed E-state index contributed by atoms with van der Waals surface area (Å²) in [6.07, 6.45) is 0.855. The SMILES string of the molecule is O=[N+]([O-])c1ccc(ONCCc2ccccc2)cc1. The quantitative estimate of drug-likeness (QED) is 0.491. The first kappa shape index (κ1) is 13.0. The zero-order valence-corrected chi connectivity index (χ0v) is 10.3. The van der Waals surface area contributed by atoms with Crippen molar-refractivity contribution < 1.29 is 9.76 Å². The highest BCUT2D eigenvalue weighted by Crippen LogP contribution is 2.16. The van der Waals surface area contributed by atoms with Crippen LogP contribution in [0.5, 0.6) is 5.75 Å². The summed E-state index contributed by atoms with van der Waals surface area (Å²) < 4.78 is 0. The molecule has 0 unspecified atom stereocenters. The third-order valence-electron chi connectivity index (χ3n) is 2.60. The maximum atomic E-state index is 10.5. The second-order valence-corrected chi connectivity index (χ2v) is 3.98. The predicted octanol–water partition coefficient (Wildman–Crippen LogP) is 2.72. The molecule has 0 amide bonds. The van der Waals surface area contributed by atoms with Gasteiger partial charge >= 0.3 is 0 Å². The lowest BCUT2D eigenvalue weighted by Crippen LogP contribution is -2.21. The van der Waals surface area contributed by atoms with Gasteiger partial charge in [-0.25, -0.2) is 0 Å². The van der Waals surface area contributed by atoms with Crippen molar-refractivity contribution in [2.24, 2.45) is 0 Å². The summed E-state index contributed by atoms with van der Waals surface area (Å²) in [7, 11) is 0. The van der Waals surface area contributed by atoms with E-state index < -0.39 is 4.92 Å². The molecule has 0 atom stereocenters. The molecule has 5 nitrogen and oxygen atoms in total. The fourth-order valence-electron chi connectivity index (χ4n) is 1.61. The Balaban J connectivity index is 1.75. The summed E-state index contributed by atoms with van der Waals surface area (Å²) in [5.74, 6) is 0.554. The van der Waals surface area contributed by atoms with Crippen LogP contribution in [0, 0.1) is 10.1 Å². The van der Waals surface area contributed by atoms with E-state index in [-0.39, 0.29) is 5.69 Å². The van der Waals surface area contributed by atoms with Gasteiger partial charge < -0.3 is 4.84 Å². The number of nitrogens with one attached hydrogen (secondary N) is 1. The van der Waals surface area contributed by atoms with Crippen LogP contribution in [0.4, 0.5) is 5.69 Å². The minimum Gasteiger partial charge on any atom is -0.409 e. The molecule has 0 saturated carbocycles. The minimum atomic E-state index is -0.438. The smallest absolute Gasteiger partial charge is 0.269 e. The number of benzene rings is 2. The fourth-order valence-corrected chi connectivity index (χ4v) is 1.61. The lowest BCUT2D eigenvalue weighted by molar-refractivity contribution is -0.384. The van der Waals surface area contributed by atoms with Crippen LogP contribution < -0.4 is 10.3 Å². The molecule has 0 radical (unpaired) electrons. The minimum absolute atomic E-state index is 0.0524. The van der Waals surface area contributed by atoms with Gasteiger partial charge in [0.2, 0.25) is 0 Å². The van der Waals surface area contributed by atoms with Crippen LogP contribution >= 0.6 is 0 Å². The fraction of sp³-hybridized carbons (Fsp3) is 0.143. The van der Waals surface area contributed by atoms with E-state index in [0.717, 1.165) is 6.42 Å². The summed E-state index contributed by atoms with van der Waals surface area (Å²) in [4.78, 5) is 15.3. The molecular weight excluding hydrogens is 244 g/mol. The Labute approximate surface area is 110 Å². The molecule has 0 aromatic heterocycles. The number of hydroxylamine groups is 1. The van der Waals surface area contributed by atoms with Crippen molar-refractivity contribution in [3.05, 3.63) is 70.3 Å². The van der Waals surface area contributed by atoms with E-state index in [1.807, 2.05) is 30.3 Å². The van der Waals surface area contributed by atoms with Crippen LogP contribution in [0.15, 0.2) is 54.6 Å². The van der Waals surface area contributed by atoms with Gasteiger partial charge in [0.25, 0.3) is 5.69 Å². The molecule has 2 aromatic carbocycles. The van der Waals surface area contributed by atoms with E-state index in [0.29, 0.717) is 12.3 Å². The lowest BCUT2D eigenvalue weighted by Gasteiger charge is -2.06. The molecule has 98 valence electrons. The summed E-state index contributed by atoms with van der Waals surface area (Å²) >= 11 is 0. The number of rotatable bonds is 6. The van der Waals surface area contributed by atoms with Crippen LogP contribution in [-0.2, 0) is 6.42 Å². The van der Waals surface area contributed by atoms with E-state index in [2.05, 4.69) is 5.48 Å². The zero-order valence-electron chi connectivity index (χ0n) is 10.3. The standard InChI is InChI=1S/C14H14N2O3/c17-16(18)13-6-8-14(9-7-13)19-15-11-10-12-4-2-1-3-5-12/h1-9,15H,10-11H2. The third kappa shape index (κ3) is 4.08. The largest absolute Gasteiger partial charge is 0.409 e. The van der Waals surface area contributed by atoms with Gasteiger partial charge in [0.1, 0.15) is 5.75 Å². The molecule has 2 aromatic rings. The molecule has 1 N–H and O–H groups in total. The number of hydrogen-bond acceptors (Lipinski definition) is 4. The summed E-state index contributed by atoms with van der Waals surface area (Å²) in [5.41, 5.74) is 4.11. The monoisotopic (exact) mass is 258 g/mol. The number of nitro groups is 1. The zero-order chi connectivity index (χ0) is 13.5. The highest BCUT2D eigenvalue weighted by molar-refractivity contribution is 5.35. The Bertz CT molecular complexity index is 526. The Hall–Kier alpha value is -2.40. The van der Waals surface area contributed by atoms with Crippen LogP contribution in [0.1, 0.15) is 5.56 Å². The van der Waals surface area contributed by atoms with Crippen molar-refractivity contribution >= 4 is 5.69 Å². The van der Waals surface area contributed by atoms with Crippen molar-refractivity contribution in [1.82, 2.24) is 5.48 Å². The molecule has 0 aliphatic rings. The summed E-state index contributed by atoms with van der Waals surface area (Å²) in [6, 6.07) is 16.0. The third-order valence-corrected chi connectivity index (χ3v) is 2.60. The first-order valence-corrected chi connectivity index (χ1v) is 5.94. The normalized spacial score (nSPS) is 10.1. The van der Waals surface area contributed by atoms with Crippen LogP contribution in [0.2, 0.25) is 0 Å². The Morgan fingerprint density at radius 3 is 2.37 bits per heavy atom. The first-order valence-electron chi connectivity index (χ1n) is 5.94. The molecule has 0 fully saturated rings. The molecule has 0 heterocycles. The molecule has 0 aliphatic heterocycles. The molecular formula is C14H14N2O3. The van der Waals surface area contributed by atoms with E-state index >= 15 is 0 Å². The predicted molar refractivity (Wildman–Crippen MR) is 71.9 cm³/mol. The van der Waals surface area contributed by atoms with Gasteiger partial charge in [-0.1, -0.05) is 30.3 Å². The molecule has 19 heavy (non-hydrogen) atoms. The van der Waals surface area contributed by atoms with Gasteiger partial charge in [0.15, 0.2) is 0 Å². The van der Waals surface area contributed by atoms with Gasteiger partial charge in [-0.05, 0) is 24.1 Å². The van der Waals surface area contributed by atoms with Crippen molar-refractivity contribution in [2.75, 3.05) is 6.54 Å². The van der Waals surface area contributed by atoms with E-state index in [4.69, 9.17) is 4.84 Å². The highest BCUT2D eigenvalue weighted by Gasteiger charge is 2.04. The summed E-state index contributed by atoms with van der Waals surface area (Å²) in [6.45, 7) is 0.668. The molecule has 0 saturated heterocycles. The van der Waals surface area contributed by atoms with Crippen LogP contribution in [0.3, 0.4) is 0 Å². The van der Waals surface area contributed by atoms with Crippen LogP contribution in [0.25, 0.3) is 0 Å². The maximum Gasteiger partial charge on any atom is 0.269 e. The molecule has 2 rings (SSSR count). The van der Waals surface area contributed by atoms with Crippen molar-refractivity contribution in [1.29, 1.82) is 0 Å². The molecule has 0 spiro atoms. The number of hydrogen-bond donors (Lipinski definition) is 1. The highest BCUT2D eigenvalue weighted by atomic mass is 16.6. The Morgan fingerprint density at radius 1 is 1.05 bits per heavy atom. The molecule has 0 aliphatic carbocycles. The second-order valence-electron chi connectivity index (χ2n) is 3.98. The van der Waals surface area contributed by atoms with Gasteiger partial charge in [-0.15, -0.1) is 0 Å². The van der Waals surface area contributed by atoms with Crippen molar-refractivity contribution in [2.45, 2.75) is 6.42 Å². The van der Waals surface area contributed by atoms with Gasteiger partial charge in [0, 0.05) is 18.7 Å². The first-order chi connectivity index (χ1) is 9.25. The number of nitro benzene ring substituents is 1. The Morgan fingerprint density at radius 2 is 1.74 bits per heavy atom. The average Bonchev–Trinajstić information content (AvgIpc) is 2.45. The molecule has 0 bridgehead atoms. The van der Waals surface area contributed by atoms with E-state index in [1.165, 1.54) is 17.7 Å². The average molecular weight is 258 g/mol. The Kier molecular flexibility index (Phi) is 4.47. The number of nitrogens with zero attached hydrogens (tertiary/aromatic N) is 1. The van der Waals surface area contributed by atoms with Crippen LogP contribution in [-0.4, -0.2) is 11.5 Å². The van der Waals surface area contributed by atoms with Crippen molar-refractivity contribution in [3.8, 4) is 5.75 Å². The molecule has 5 heteroatoms. The van der Waals surface area contributed by atoms with Gasteiger partial charge in [-0.2, -0.15) is 5.48 Å². The van der Waals surface area contributed by atoms with Gasteiger partial charge in [0.05, 0.1) is 4.92 Å². The summed E-state index contributed by atoms with van der Waals surface area (Å²) in [5, 5.41) is 10.5. The van der Waals surface area contributed by atoms with Crippen molar-refractivity contribution in [3.63, 3.8) is 0 Å².